The molecule has 212 valence electrons. The van der Waals surface area contributed by atoms with Crippen LogP contribution in [0.3, 0.4) is 0 Å². The van der Waals surface area contributed by atoms with Gasteiger partial charge in [0.15, 0.2) is 0 Å². The maximum atomic E-state index is 13.3. The van der Waals surface area contributed by atoms with Crippen molar-refractivity contribution in [3.05, 3.63) is 131 Å². The second kappa shape index (κ2) is 14.0. The van der Waals surface area contributed by atoms with Gasteiger partial charge in [0.1, 0.15) is 5.70 Å². The average Bonchev–Trinajstić information content (AvgIpc) is 2.98. The van der Waals surface area contributed by atoms with E-state index in [1.807, 2.05) is 37.3 Å². The molecule has 9 heteroatoms. The smallest absolute Gasteiger partial charge is 0.335 e. The molecule has 8 nitrogen and oxygen atoms in total. The third kappa shape index (κ3) is 8.42. The molecule has 0 saturated heterocycles. The van der Waals surface area contributed by atoms with Crippen LogP contribution in [-0.2, 0) is 9.59 Å². The minimum absolute atomic E-state index is 0.0854. The molecule has 0 spiro atoms. The van der Waals surface area contributed by atoms with Crippen molar-refractivity contribution in [3.8, 4) is 0 Å². The van der Waals surface area contributed by atoms with Gasteiger partial charge in [-0.05, 0) is 80.1 Å². The molecule has 0 aliphatic rings. The van der Waals surface area contributed by atoms with Crippen molar-refractivity contribution in [1.82, 2.24) is 5.32 Å². The van der Waals surface area contributed by atoms with E-state index in [9.17, 15) is 19.2 Å². The number of carbonyl (C=O) groups is 4. The summed E-state index contributed by atoms with van der Waals surface area (Å²) >= 11 is 1.32. The lowest BCUT2D eigenvalue weighted by Crippen LogP contribution is -2.30. The van der Waals surface area contributed by atoms with E-state index in [4.69, 9.17) is 5.11 Å². The fraction of sp³-hybridized carbons (Fsp3) is 0.0909. The Morgan fingerprint density at radius 3 is 2.14 bits per heavy atom. The maximum Gasteiger partial charge on any atom is 0.335 e. The number of carbonyl (C=O) groups excluding carboxylic acids is 3. The monoisotopic (exact) mass is 579 g/mol. The topological polar surface area (TPSA) is 125 Å². The molecule has 42 heavy (non-hydrogen) atoms. The van der Waals surface area contributed by atoms with Crippen LogP contribution in [0.15, 0.2) is 114 Å². The fourth-order valence-electron chi connectivity index (χ4n) is 3.92. The van der Waals surface area contributed by atoms with Crippen molar-refractivity contribution < 1.29 is 24.3 Å². The normalized spacial score (nSPS) is 11.7. The zero-order valence-electron chi connectivity index (χ0n) is 23.0. The first-order valence-electron chi connectivity index (χ1n) is 13.0. The number of aromatic carboxylic acids is 1. The van der Waals surface area contributed by atoms with Crippen molar-refractivity contribution in [1.29, 1.82) is 0 Å². The number of anilines is 2. The Kier molecular flexibility index (Phi) is 9.91. The van der Waals surface area contributed by atoms with Gasteiger partial charge in [-0.3, -0.25) is 14.4 Å². The maximum absolute atomic E-state index is 13.3. The van der Waals surface area contributed by atoms with Crippen LogP contribution in [0, 0.1) is 6.92 Å². The number of nitrogens with one attached hydrogen (secondary N) is 3. The molecule has 0 aliphatic heterocycles. The summed E-state index contributed by atoms with van der Waals surface area (Å²) in [6.45, 7) is 3.69. The van der Waals surface area contributed by atoms with E-state index in [1.54, 1.807) is 73.7 Å². The van der Waals surface area contributed by atoms with Crippen molar-refractivity contribution in [2.75, 3.05) is 10.6 Å². The number of amides is 3. The van der Waals surface area contributed by atoms with Gasteiger partial charge in [0, 0.05) is 21.8 Å². The lowest BCUT2D eigenvalue weighted by atomic mass is 10.1. The molecule has 1 unspecified atom stereocenters. The molecule has 4 aromatic rings. The van der Waals surface area contributed by atoms with Gasteiger partial charge in [-0.1, -0.05) is 54.1 Å². The summed E-state index contributed by atoms with van der Waals surface area (Å²) in [5.74, 6) is -2.24. The minimum atomic E-state index is -1.07. The molecule has 4 N–H and O–H groups in total. The molecule has 0 saturated carbocycles. The van der Waals surface area contributed by atoms with Crippen LogP contribution in [0.4, 0.5) is 11.4 Å². The molecular formula is C33H29N3O5S. The zero-order valence-corrected chi connectivity index (χ0v) is 23.8. The van der Waals surface area contributed by atoms with Crippen molar-refractivity contribution >= 4 is 52.9 Å². The van der Waals surface area contributed by atoms with Gasteiger partial charge < -0.3 is 21.1 Å². The Balaban J connectivity index is 1.42. The standard InChI is InChI=1S/C33H29N3O5S/c1-21-8-6-9-23(18-21)19-29(36-31(38)24-10-4-3-5-11-24)32(39)34-26-14-16-28(17-15-26)42-22(2)30(37)35-27-13-7-12-25(20-27)33(40)41/h3-20,22H,1-2H3,(H,34,39)(H,35,37)(H,36,38)(H,40,41)/b29-19-. The zero-order chi connectivity index (χ0) is 30.1. The second-order valence-electron chi connectivity index (χ2n) is 9.41. The van der Waals surface area contributed by atoms with Crippen molar-refractivity contribution in [3.63, 3.8) is 0 Å². The summed E-state index contributed by atoms with van der Waals surface area (Å²) in [5.41, 5.74) is 3.29. The van der Waals surface area contributed by atoms with Gasteiger partial charge in [-0.15, -0.1) is 11.8 Å². The highest BCUT2D eigenvalue weighted by Gasteiger charge is 2.17. The fourth-order valence-corrected chi connectivity index (χ4v) is 4.78. The molecule has 0 heterocycles. The first-order valence-corrected chi connectivity index (χ1v) is 13.9. The predicted molar refractivity (Wildman–Crippen MR) is 165 cm³/mol. The third-order valence-electron chi connectivity index (χ3n) is 6.05. The van der Waals surface area contributed by atoms with Crippen LogP contribution >= 0.6 is 11.8 Å². The van der Waals surface area contributed by atoms with Crippen LogP contribution in [0.1, 0.15) is 38.8 Å². The summed E-state index contributed by atoms with van der Waals surface area (Å²) in [6, 6.07) is 29.3. The van der Waals surface area contributed by atoms with Crippen LogP contribution in [0.5, 0.6) is 0 Å². The van der Waals surface area contributed by atoms with E-state index in [-0.39, 0.29) is 17.2 Å². The Morgan fingerprint density at radius 1 is 0.762 bits per heavy atom. The van der Waals surface area contributed by atoms with Crippen LogP contribution in [0.25, 0.3) is 6.08 Å². The number of carboxylic acid groups (broad SMARTS) is 1. The van der Waals surface area contributed by atoms with E-state index in [0.717, 1.165) is 16.0 Å². The van der Waals surface area contributed by atoms with Crippen LogP contribution < -0.4 is 16.0 Å². The van der Waals surface area contributed by atoms with Gasteiger partial charge in [-0.2, -0.15) is 0 Å². The van der Waals surface area contributed by atoms with Crippen LogP contribution in [0.2, 0.25) is 0 Å². The summed E-state index contributed by atoms with van der Waals surface area (Å²) in [7, 11) is 0. The highest BCUT2D eigenvalue weighted by atomic mass is 32.2. The number of rotatable bonds is 10. The third-order valence-corrected chi connectivity index (χ3v) is 7.17. The summed E-state index contributed by atoms with van der Waals surface area (Å²) in [6.07, 6.45) is 1.62. The Bertz CT molecular complexity index is 1640. The average molecular weight is 580 g/mol. The van der Waals surface area contributed by atoms with Gasteiger partial charge in [0.25, 0.3) is 11.8 Å². The second-order valence-corrected chi connectivity index (χ2v) is 10.8. The predicted octanol–water partition coefficient (Wildman–Crippen LogP) is 6.22. The number of benzene rings is 4. The molecule has 4 aromatic carbocycles. The Hall–Kier alpha value is -5.15. The summed E-state index contributed by atoms with van der Waals surface area (Å²) in [4.78, 5) is 50.8. The van der Waals surface area contributed by atoms with Gasteiger partial charge >= 0.3 is 5.97 Å². The Labute approximate surface area is 247 Å². The molecule has 0 aliphatic carbocycles. The molecule has 1 atom stereocenters. The molecule has 4 rings (SSSR count). The Morgan fingerprint density at radius 2 is 1.45 bits per heavy atom. The highest BCUT2D eigenvalue weighted by molar-refractivity contribution is 8.00. The number of aryl methyl sites for hydroxylation is 1. The molecule has 3 amide bonds. The van der Waals surface area contributed by atoms with Gasteiger partial charge in [0.05, 0.1) is 10.8 Å². The van der Waals surface area contributed by atoms with Gasteiger partial charge in [-0.25, -0.2) is 4.79 Å². The SMILES string of the molecule is Cc1cccc(/C=C(\NC(=O)c2ccccc2)C(=O)Nc2ccc(SC(C)C(=O)Nc3cccc(C(=O)O)c3)cc2)c1. The molecule has 0 aromatic heterocycles. The number of thioether (sulfide) groups is 1. The number of hydrogen-bond donors (Lipinski definition) is 4. The quantitative estimate of drug-likeness (QED) is 0.131. The molecule has 0 radical (unpaired) electrons. The summed E-state index contributed by atoms with van der Waals surface area (Å²) < 4.78 is 0. The molecular weight excluding hydrogens is 550 g/mol. The first kappa shape index (κ1) is 29.8. The van der Waals surface area contributed by atoms with E-state index in [1.165, 1.54) is 23.9 Å². The summed E-state index contributed by atoms with van der Waals surface area (Å²) in [5, 5.41) is 17.0. The van der Waals surface area contributed by atoms with E-state index in [0.29, 0.717) is 16.9 Å². The largest absolute Gasteiger partial charge is 0.478 e. The number of carboxylic acids is 1. The van der Waals surface area contributed by atoms with E-state index in [2.05, 4.69) is 16.0 Å². The van der Waals surface area contributed by atoms with Gasteiger partial charge in [0.2, 0.25) is 5.91 Å². The van der Waals surface area contributed by atoms with Crippen LogP contribution in [-0.4, -0.2) is 34.0 Å². The van der Waals surface area contributed by atoms with Crippen molar-refractivity contribution in [2.45, 2.75) is 24.0 Å². The van der Waals surface area contributed by atoms with E-state index < -0.39 is 23.0 Å². The number of hydrogen-bond acceptors (Lipinski definition) is 5. The molecule has 0 fully saturated rings. The minimum Gasteiger partial charge on any atom is -0.478 e. The lowest BCUT2D eigenvalue weighted by molar-refractivity contribution is -0.115. The molecule has 0 bridgehead atoms. The highest BCUT2D eigenvalue weighted by Crippen LogP contribution is 2.26. The first-order chi connectivity index (χ1) is 20.2. The van der Waals surface area contributed by atoms with E-state index >= 15 is 0 Å². The lowest BCUT2D eigenvalue weighted by Gasteiger charge is -2.14. The van der Waals surface area contributed by atoms with Crippen molar-refractivity contribution in [2.24, 2.45) is 0 Å².